The van der Waals surface area contributed by atoms with E-state index in [-0.39, 0.29) is 0 Å². The van der Waals surface area contributed by atoms with Crippen molar-refractivity contribution in [3.63, 3.8) is 0 Å². The van der Waals surface area contributed by atoms with Gasteiger partial charge in [-0.1, -0.05) is 19.2 Å². The minimum atomic E-state index is 0.726. The van der Waals surface area contributed by atoms with E-state index in [1.807, 2.05) is 4.68 Å². The van der Waals surface area contributed by atoms with Crippen molar-refractivity contribution in [2.45, 2.75) is 18.9 Å². The molecule has 0 bridgehead atoms. The third-order valence-electron chi connectivity index (χ3n) is 6.90. The summed E-state index contributed by atoms with van der Waals surface area (Å²) in [5.41, 5.74) is 3.51. The van der Waals surface area contributed by atoms with E-state index in [0.29, 0.717) is 0 Å². The molecule has 1 N–H and O–H groups in total. The maximum atomic E-state index is 4.90. The van der Waals surface area contributed by atoms with Crippen molar-refractivity contribution in [1.29, 1.82) is 0 Å². The van der Waals surface area contributed by atoms with Crippen molar-refractivity contribution in [2.75, 3.05) is 62.7 Å². The van der Waals surface area contributed by atoms with Gasteiger partial charge in [0.1, 0.15) is 5.82 Å². The summed E-state index contributed by atoms with van der Waals surface area (Å²) in [4.78, 5) is 9.85. The highest BCUT2D eigenvalue weighted by Gasteiger charge is 2.30. The molecule has 3 aliphatic rings. The number of fused-ring (bicyclic) bond motifs is 1. The highest BCUT2D eigenvalue weighted by atomic mass is 15.4. The molecule has 3 fully saturated rings. The molecule has 0 saturated carbocycles. The zero-order valence-corrected chi connectivity index (χ0v) is 18.3. The zero-order valence-electron chi connectivity index (χ0n) is 18.3. The molecular weight excluding hydrogens is 374 g/mol. The van der Waals surface area contributed by atoms with Gasteiger partial charge in [0.25, 0.3) is 0 Å². The first-order chi connectivity index (χ1) is 14.5. The lowest BCUT2D eigenvalue weighted by molar-refractivity contribution is 0.187. The molecule has 30 heavy (non-hydrogen) atoms. The molecule has 0 radical (unpaired) electrons. The fraction of sp³-hybridized carbons (Fsp3) is 0.522. The van der Waals surface area contributed by atoms with Crippen LogP contribution < -0.4 is 15.1 Å². The SMILES string of the molecule is C=C1CCN(c2nn(C)c3c(N4CCN(C5CCN(C)C5)CC4)cccc23)C(=C)N1. The van der Waals surface area contributed by atoms with Gasteiger partial charge in [-0.2, -0.15) is 5.10 Å². The van der Waals surface area contributed by atoms with Crippen LogP contribution in [0.4, 0.5) is 11.5 Å². The predicted octanol–water partition coefficient (Wildman–Crippen LogP) is 2.18. The lowest BCUT2D eigenvalue weighted by Crippen LogP contribution is -2.51. The quantitative estimate of drug-likeness (QED) is 0.841. The van der Waals surface area contributed by atoms with Crippen LogP contribution in [0.25, 0.3) is 10.9 Å². The number of para-hydroxylation sites is 1. The number of likely N-dealkylation sites (tertiary alicyclic amines) is 1. The predicted molar refractivity (Wildman–Crippen MR) is 124 cm³/mol. The minimum Gasteiger partial charge on any atom is -0.367 e. The van der Waals surface area contributed by atoms with Gasteiger partial charge in [-0.15, -0.1) is 0 Å². The Morgan fingerprint density at radius 1 is 1.03 bits per heavy atom. The van der Waals surface area contributed by atoms with Crippen LogP contribution in [-0.2, 0) is 7.05 Å². The summed E-state index contributed by atoms with van der Waals surface area (Å²) in [6, 6.07) is 7.32. The van der Waals surface area contributed by atoms with Crippen LogP contribution >= 0.6 is 0 Å². The number of hydrogen-bond acceptors (Lipinski definition) is 6. The van der Waals surface area contributed by atoms with E-state index in [2.05, 4.69) is 70.4 Å². The van der Waals surface area contributed by atoms with Crippen LogP contribution in [0.1, 0.15) is 12.8 Å². The van der Waals surface area contributed by atoms with Crippen molar-refractivity contribution >= 4 is 22.4 Å². The number of rotatable bonds is 3. The van der Waals surface area contributed by atoms with Gasteiger partial charge >= 0.3 is 0 Å². The van der Waals surface area contributed by atoms with Gasteiger partial charge in [0.05, 0.1) is 11.2 Å². The van der Waals surface area contributed by atoms with Gasteiger partial charge in [0.2, 0.25) is 0 Å². The molecule has 0 aliphatic carbocycles. The molecule has 7 nitrogen and oxygen atoms in total. The molecule has 3 aliphatic heterocycles. The number of benzene rings is 1. The van der Waals surface area contributed by atoms with Crippen molar-refractivity contribution in [2.24, 2.45) is 7.05 Å². The lowest BCUT2D eigenvalue weighted by atomic mass is 10.1. The Morgan fingerprint density at radius 3 is 2.53 bits per heavy atom. The first kappa shape index (κ1) is 19.5. The van der Waals surface area contributed by atoms with Gasteiger partial charge in [-0.3, -0.25) is 9.58 Å². The number of aromatic nitrogens is 2. The zero-order chi connectivity index (χ0) is 20.8. The van der Waals surface area contributed by atoms with E-state index < -0.39 is 0 Å². The third-order valence-corrected chi connectivity index (χ3v) is 6.90. The number of nitrogens with one attached hydrogen (secondary N) is 1. The van der Waals surface area contributed by atoms with Gasteiger partial charge in [-0.05, 0) is 32.1 Å². The average molecular weight is 408 g/mol. The summed E-state index contributed by atoms with van der Waals surface area (Å²) in [5, 5.41) is 9.37. The van der Waals surface area contributed by atoms with Gasteiger partial charge in [0, 0.05) is 69.9 Å². The Morgan fingerprint density at radius 2 is 1.83 bits per heavy atom. The molecule has 1 unspecified atom stereocenters. The average Bonchev–Trinajstić information content (AvgIpc) is 3.32. The molecular formula is C23H33N7. The Labute approximate surface area is 179 Å². The fourth-order valence-corrected chi connectivity index (χ4v) is 5.24. The molecule has 2 aromatic rings. The van der Waals surface area contributed by atoms with Gasteiger partial charge in [0.15, 0.2) is 5.82 Å². The molecule has 1 aromatic heterocycles. The van der Waals surface area contributed by atoms with Crippen LogP contribution in [0.5, 0.6) is 0 Å². The number of anilines is 2. The number of hydrogen-bond donors (Lipinski definition) is 1. The van der Waals surface area contributed by atoms with Gasteiger partial charge in [-0.25, -0.2) is 0 Å². The summed E-state index contributed by atoms with van der Waals surface area (Å²) < 4.78 is 2.04. The Balaban J connectivity index is 1.39. The highest BCUT2D eigenvalue weighted by molar-refractivity contribution is 5.99. The number of likely N-dealkylation sites (N-methyl/N-ethyl adjacent to an activating group) is 1. The van der Waals surface area contributed by atoms with E-state index in [1.54, 1.807) is 0 Å². The van der Waals surface area contributed by atoms with E-state index >= 15 is 0 Å². The van der Waals surface area contributed by atoms with E-state index in [0.717, 1.165) is 62.5 Å². The van der Waals surface area contributed by atoms with E-state index in [1.165, 1.54) is 36.1 Å². The summed E-state index contributed by atoms with van der Waals surface area (Å²) in [7, 11) is 4.29. The van der Waals surface area contributed by atoms with Crippen molar-refractivity contribution in [1.82, 2.24) is 24.9 Å². The van der Waals surface area contributed by atoms with Crippen LogP contribution in [0.15, 0.2) is 42.9 Å². The molecule has 1 atom stereocenters. The molecule has 0 spiro atoms. The lowest BCUT2D eigenvalue weighted by Gasteiger charge is -2.39. The van der Waals surface area contributed by atoms with Crippen LogP contribution in [0, 0.1) is 0 Å². The number of aryl methyl sites for hydroxylation is 1. The smallest absolute Gasteiger partial charge is 0.164 e. The standard InChI is InChI=1S/C23H33N7/c1-17-8-11-30(18(2)24-17)23-20-6-5-7-21(22(20)27(4)25-23)29-14-12-28(13-15-29)19-9-10-26(3)16-19/h5-7,19,24H,1-2,8-16H2,3-4H3. The molecule has 7 heteroatoms. The van der Waals surface area contributed by atoms with E-state index in [4.69, 9.17) is 5.10 Å². The largest absolute Gasteiger partial charge is 0.367 e. The topological polar surface area (TPSA) is 42.8 Å². The molecule has 4 heterocycles. The van der Waals surface area contributed by atoms with Crippen LogP contribution in [0.2, 0.25) is 0 Å². The van der Waals surface area contributed by atoms with Crippen molar-refractivity contribution in [3.8, 4) is 0 Å². The van der Waals surface area contributed by atoms with Crippen LogP contribution in [-0.4, -0.2) is 78.5 Å². The Bertz CT molecular complexity index is 969. The third kappa shape index (κ3) is 3.36. The highest BCUT2D eigenvalue weighted by Crippen LogP contribution is 2.35. The summed E-state index contributed by atoms with van der Waals surface area (Å²) in [5.74, 6) is 1.83. The second-order valence-electron chi connectivity index (χ2n) is 8.93. The first-order valence-electron chi connectivity index (χ1n) is 11.1. The first-order valence-corrected chi connectivity index (χ1v) is 11.1. The van der Waals surface area contributed by atoms with Crippen molar-refractivity contribution in [3.05, 3.63) is 42.9 Å². The Kier molecular flexibility index (Phi) is 4.95. The maximum Gasteiger partial charge on any atom is 0.164 e. The molecule has 3 saturated heterocycles. The molecule has 160 valence electrons. The number of piperazine rings is 1. The summed E-state index contributed by atoms with van der Waals surface area (Å²) >= 11 is 0. The summed E-state index contributed by atoms with van der Waals surface area (Å²) in [6.07, 6.45) is 2.20. The number of nitrogens with zero attached hydrogens (tertiary/aromatic N) is 6. The second kappa shape index (κ2) is 7.63. The maximum absolute atomic E-state index is 4.90. The fourth-order valence-electron chi connectivity index (χ4n) is 5.24. The second-order valence-corrected chi connectivity index (χ2v) is 8.93. The summed E-state index contributed by atoms with van der Waals surface area (Å²) in [6.45, 7) is 15.9. The monoisotopic (exact) mass is 407 g/mol. The molecule has 5 rings (SSSR count). The van der Waals surface area contributed by atoms with Crippen LogP contribution in [0.3, 0.4) is 0 Å². The normalized spacial score (nSPS) is 24.1. The Hall–Kier alpha value is -2.51. The van der Waals surface area contributed by atoms with Gasteiger partial charge < -0.3 is 20.0 Å². The van der Waals surface area contributed by atoms with Crippen molar-refractivity contribution < 1.29 is 0 Å². The van der Waals surface area contributed by atoms with E-state index in [9.17, 15) is 0 Å². The molecule has 1 aromatic carbocycles. The minimum absolute atomic E-state index is 0.726. The molecule has 0 amide bonds.